The van der Waals surface area contributed by atoms with Crippen molar-refractivity contribution in [1.29, 1.82) is 0 Å². The van der Waals surface area contributed by atoms with Gasteiger partial charge in [0.2, 0.25) is 0 Å². The first-order chi connectivity index (χ1) is 6.20. The predicted octanol–water partition coefficient (Wildman–Crippen LogP) is 3.06. The molecule has 1 heterocycles. The van der Waals surface area contributed by atoms with E-state index in [1.165, 1.54) is 0 Å². The molecule has 0 aliphatic rings. The number of methoxy groups -OCH3 is 1. The molecule has 1 aromatic carbocycles. The van der Waals surface area contributed by atoms with Crippen LogP contribution in [0.4, 0.5) is 0 Å². The average molecular weight is 176 g/mol. The topological polar surface area (TPSA) is 22.4 Å². The summed E-state index contributed by atoms with van der Waals surface area (Å²) in [5, 5.41) is 1.11. The Bertz CT molecular complexity index is 441. The first-order valence-electron chi connectivity index (χ1n) is 4.25. The van der Waals surface area contributed by atoms with Gasteiger partial charge < -0.3 is 9.15 Å². The zero-order valence-corrected chi connectivity index (χ0v) is 8.05. The molecule has 1 aromatic heterocycles. The lowest BCUT2D eigenvalue weighted by molar-refractivity contribution is 0.415. The number of hydrogen-bond acceptors (Lipinski definition) is 2. The highest BCUT2D eigenvalue weighted by molar-refractivity contribution is 5.82. The molecule has 0 fully saturated rings. The van der Waals surface area contributed by atoms with Crippen LogP contribution in [0.5, 0.6) is 5.75 Å². The molecule has 0 aliphatic heterocycles. The van der Waals surface area contributed by atoms with E-state index in [2.05, 4.69) is 0 Å². The van der Waals surface area contributed by atoms with Crippen LogP contribution in [0.1, 0.15) is 11.3 Å². The van der Waals surface area contributed by atoms with Crippen molar-refractivity contribution in [3.8, 4) is 5.75 Å². The van der Waals surface area contributed by atoms with E-state index in [-0.39, 0.29) is 0 Å². The Morgan fingerprint density at radius 1 is 1.15 bits per heavy atom. The van der Waals surface area contributed by atoms with Crippen molar-refractivity contribution in [2.24, 2.45) is 0 Å². The predicted molar refractivity (Wildman–Crippen MR) is 52.2 cm³/mol. The van der Waals surface area contributed by atoms with Gasteiger partial charge in [-0.2, -0.15) is 0 Å². The number of aryl methyl sites for hydroxylation is 2. The fourth-order valence-corrected chi connectivity index (χ4v) is 1.54. The fourth-order valence-electron chi connectivity index (χ4n) is 1.54. The second kappa shape index (κ2) is 2.80. The first-order valence-corrected chi connectivity index (χ1v) is 4.25. The third kappa shape index (κ3) is 1.28. The lowest BCUT2D eigenvalue weighted by atomic mass is 10.1. The normalized spacial score (nSPS) is 10.7. The highest BCUT2D eigenvalue weighted by Crippen LogP contribution is 2.27. The van der Waals surface area contributed by atoms with Crippen LogP contribution in [0.3, 0.4) is 0 Å². The molecule has 2 aromatic rings. The van der Waals surface area contributed by atoms with Crippen LogP contribution in [0.2, 0.25) is 0 Å². The Labute approximate surface area is 77.1 Å². The van der Waals surface area contributed by atoms with Crippen molar-refractivity contribution < 1.29 is 9.15 Å². The molecule has 0 N–H and O–H groups in total. The van der Waals surface area contributed by atoms with E-state index in [0.717, 1.165) is 28.0 Å². The van der Waals surface area contributed by atoms with E-state index in [9.17, 15) is 0 Å². The van der Waals surface area contributed by atoms with Gasteiger partial charge in [0, 0.05) is 5.39 Å². The number of benzene rings is 1. The highest BCUT2D eigenvalue weighted by atomic mass is 16.5. The van der Waals surface area contributed by atoms with Crippen molar-refractivity contribution in [2.45, 2.75) is 13.8 Å². The van der Waals surface area contributed by atoms with Gasteiger partial charge >= 0.3 is 0 Å². The summed E-state index contributed by atoms with van der Waals surface area (Å²) in [6.45, 7) is 3.97. The second-order valence-corrected chi connectivity index (χ2v) is 3.22. The van der Waals surface area contributed by atoms with E-state index < -0.39 is 0 Å². The van der Waals surface area contributed by atoms with Gasteiger partial charge in [-0.3, -0.25) is 0 Å². The zero-order chi connectivity index (χ0) is 9.42. The monoisotopic (exact) mass is 176 g/mol. The molecule has 0 saturated heterocycles. The Morgan fingerprint density at radius 3 is 2.62 bits per heavy atom. The van der Waals surface area contributed by atoms with Crippen LogP contribution in [-0.4, -0.2) is 7.11 Å². The van der Waals surface area contributed by atoms with Crippen LogP contribution >= 0.6 is 0 Å². The molecule has 2 nitrogen and oxygen atoms in total. The summed E-state index contributed by atoms with van der Waals surface area (Å²) >= 11 is 0. The molecule has 0 atom stereocenters. The molecular weight excluding hydrogens is 164 g/mol. The summed E-state index contributed by atoms with van der Waals surface area (Å²) in [6.07, 6.45) is 0. The lowest BCUT2D eigenvalue weighted by Gasteiger charge is -2.00. The third-order valence-electron chi connectivity index (χ3n) is 2.13. The van der Waals surface area contributed by atoms with Gasteiger partial charge in [0.05, 0.1) is 7.11 Å². The van der Waals surface area contributed by atoms with Gasteiger partial charge in [-0.25, -0.2) is 0 Å². The summed E-state index contributed by atoms with van der Waals surface area (Å²) in [7, 11) is 1.67. The van der Waals surface area contributed by atoms with Gasteiger partial charge in [0.15, 0.2) is 0 Å². The average Bonchev–Trinajstić information content (AvgIpc) is 2.46. The quantitative estimate of drug-likeness (QED) is 0.666. The van der Waals surface area contributed by atoms with Crippen LogP contribution < -0.4 is 4.74 Å². The van der Waals surface area contributed by atoms with E-state index >= 15 is 0 Å². The molecule has 0 amide bonds. The van der Waals surface area contributed by atoms with E-state index in [0.29, 0.717) is 0 Å². The number of furan rings is 1. The van der Waals surface area contributed by atoms with E-state index in [1.807, 2.05) is 32.0 Å². The Kier molecular flexibility index (Phi) is 1.76. The van der Waals surface area contributed by atoms with Gasteiger partial charge in [0.25, 0.3) is 0 Å². The zero-order valence-electron chi connectivity index (χ0n) is 8.05. The molecule has 13 heavy (non-hydrogen) atoms. The molecule has 2 rings (SSSR count). The van der Waals surface area contributed by atoms with Crippen molar-refractivity contribution in [2.75, 3.05) is 7.11 Å². The van der Waals surface area contributed by atoms with Gasteiger partial charge in [-0.15, -0.1) is 0 Å². The molecule has 0 radical (unpaired) electrons. The summed E-state index contributed by atoms with van der Waals surface area (Å²) in [5.41, 5.74) is 2.07. The minimum absolute atomic E-state index is 0.880. The van der Waals surface area contributed by atoms with Crippen LogP contribution in [0.15, 0.2) is 22.6 Å². The number of fused-ring (bicyclic) bond motifs is 1. The van der Waals surface area contributed by atoms with Crippen LogP contribution in [0.25, 0.3) is 11.0 Å². The molecular formula is C11H12O2. The summed E-state index contributed by atoms with van der Waals surface area (Å²) in [6, 6.07) is 5.98. The van der Waals surface area contributed by atoms with Crippen molar-refractivity contribution in [3.63, 3.8) is 0 Å². The number of rotatable bonds is 1. The molecule has 0 bridgehead atoms. The SMILES string of the molecule is COc1cc(C)c2oc(C)cc2c1. The molecule has 0 spiro atoms. The lowest BCUT2D eigenvalue weighted by Crippen LogP contribution is -1.83. The van der Waals surface area contributed by atoms with Crippen molar-refractivity contribution in [3.05, 3.63) is 29.5 Å². The van der Waals surface area contributed by atoms with E-state index in [4.69, 9.17) is 9.15 Å². The minimum atomic E-state index is 0.880. The Hall–Kier alpha value is -1.44. The largest absolute Gasteiger partial charge is 0.497 e. The second-order valence-electron chi connectivity index (χ2n) is 3.22. The standard InChI is InChI=1S/C11H12O2/c1-7-4-10(12-3)6-9-5-8(2)13-11(7)9/h4-6H,1-3H3. The highest BCUT2D eigenvalue weighted by Gasteiger charge is 2.05. The number of ether oxygens (including phenoxy) is 1. The molecule has 0 saturated carbocycles. The van der Waals surface area contributed by atoms with E-state index in [1.54, 1.807) is 7.11 Å². The Morgan fingerprint density at radius 2 is 1.92 bits per heavy atom. The fraction of sp³-hybridized carbons (Fsp3) is 0.273. The molecule has 0 unspecified atom stereocenters. The summed E-state index contributed by atoms with van der Waals surface area (Å²) < 4.78 is 10.7. The van der Waals surface area contributed by atoms with Crippen LogP contribution in [-0.2, 0) is 0 Å². The minimum Gasteiger partial charge on any atom is -0.497 e. The summed E-state index contributed by atoms with van der Waals surface area (Å²) in [4.78, 5) is 0. The smallest absolute Gasteiger partial charge is 0.137 e. The number of hydrogen-bond donors (Lipinski definition) is 0. The first kappa shape index (κ1) is 8.17. The van der Waals surface area contributed by atoms with Crippen molar-refractivity contribution >= 4 is 11.0 Å². The third-order valence-corrected chi connectivity index (χ3v) is 2.13. The van der Waals surface area contributed by atoms with Gasteiger partial charge in [-0.05, 0) is 37.6 Å². The molecule has 68 valence electrons. The molecule has 0 aliphatic carbocycles. The van der Waals surface area contributed by atoms with Gasteiger partial charge in [0.1, 0.15) is 17.1 Å². The Balaban J connectivity index is 2.75. The van der Waals surface area contributed by atoms with Crippen molar-refractivity contribution in [1.82, 2.24) is 0 Å². The summed E-state index contributed by atoms with van der Waals surface area (Å²) in [5.74, 6) is 1.82. The molecule has 2 heteroatoms. The maximum absolute atomic E-state index is 5.54. The van der Waals surface area contributed by atoms with Crippen LogP contribution in [0, 0.1) is 13.8 Å². The van der Waals surface area contributed by atoms with Gasteiger partial charge in [-0.1, -0.05) is 0 Å². The maximum Gasteiger partial charge on any atom is 0.137 e. The maximum atomic E-state index is 5.54.